The van der Waals surface area contributed by atoms with Gasteiger partial charge >= 0.3 is 0 Å². The number of nitrogens with one attached hydrogen (secondary N) is 1. The second-order valence-corrected chi connectivity index (χ2v) is 11.7. The van der Waals surface area contributed by atoms with Crippen LogP contribution in [0.5, 0.6) is 0 Å². The van der Waals surface area contributed by atoms with Crippen molar-refractivity contribution in [3.8, 4) is 12.3 Å². The predicted molar refractivity (Wildman–Crippen MR) is 181 cm³/mol. The topological polar surface area (TPSA) is 87.5 Å². The summed E-state index contributed by atoms with van der Waals surface area (Å²) in [5, 5.41) is 0.872. The first-order valence-electron chi connectivity index (χ1n) is 15.1. The van der Waals surface area contributed by atoms with Crippen molar-refractivity contribution in [2.45, 2.75) is 32.4 Å². The number of benzene rings is 4. The van der Waals surface area contributed by atoms with Crippen LogP contribution >= 0.6 is 11.6 Å². The van der Waals surface area contributed by atoms with E-state index < -0.39 is 6.04 Å². The van der Waals surface area contributed by atoms with E-state index in [2.05, 4.69) is 28.4 Å². The van der Waals surface area contributed by atoms with E-state index in [9.17, 15) is 14.4 Å². The molecule has 0 fully saturated rings. The van der Waals surface area contributed by atoms with Gasteiger partial charge in [0.05, 0.1) is 33.8 Å². The zero-order chi connectivity index (χ0) is 32.2. The van der Waals surface area contributed by atoms with Crippen molar-refractivity contribution < 1.29 is 9.59 Å². The smallest absolute Gasteiger partial charge is 0.280 e. The molecule has 2 heterocycles. The number of anilines is 1. The summed E-state index contributed by atoms with van der Waals surface area (Å²) in [5.41, 5.74) is 7.15. The van der Waals surface area contributed by atoms with Crippen molar-refractivity contribution in [2.24, 2.45) is 0 Å². The molecule has 1 aromatic heterocycles. The highest BCUT2D eigenvalue weighted by molar-refractivity contribution is 6.31. The second-order valence-electron chi connectivity index (χ2n) is 11.3. The molecule has 9 heteroatoms. The number of carbonyl (C=O) groups excluding carboxylic acids is 2. The van der Waals surface area contributed by atoms with Crippen molar-refractivity contribution >= 4 is 40.0 Å². The number of aryl methyl sites for hydroxylation is 1. The average Bonchev–Trinajstić information content (AvgIpc) is 3.30. The number of para-hydroxylation sites is 1. The lowest BCUT2D eigenvalue weighted by atomic mass is 10.1. The van der Waals surface area contributed by atoms with Gasteiger partial charge in [0.2, 0.25) is 0 Å². The van der Waals surface area contributed by atoms with Crippen LogP contribution in [-0.2, 0) is 6.54 Å². The van der Waals surface area contributed by atoms with Crippen LogP contribution in [0.4, 0.5) is 5.69 Å². The Morgan fingerprint density at radius 3 is 2.26 bits per heavy atom. The van der Waals surface area contributed by atoms with Gasteiger partial charge in [0.25, 0.3) is 17.4 Å². The molecule has 1 aliphatic heterocycles. The van der Waals surface area contributed by atoms with Crippen molar-refractivity contribution in [3.05, 3.63) is 141 Å². The molecule has 0 unspecified atom stereocenters. The van der Waals surface area contributed by atoms with Crippen LogP contribution in [0.25, 0.3) is 10.9 Å². The van der Waals surface area contributed by atoms with Crippen molar-refractivity contribution in [1.29, 1.82) is 0 Å². The molecule has 230 valence electrons. The quantitative estimate of drug-likeness (QED) is 0.133. The fourth-order valence-corrected chi connectivity index (χ4v) is 5.96. The number of hydrogen-bond acceptors (Lipinski definition) is 6. The fraction of sp³-hybridized carbons (Fsp3) is 0.189. The summed E-state index contributed by atoms with van der Waals surface area (Å²) in [4.78, 5) is 48.6. The number of hydrogen-bond donors (Lipinski definition) is 1. The maximum Gasteiger partial charge on any atom is 0.280 e. The number of fused-ring (bicyclic) bond motifs is 2. The summed E-state index contributed by atoms with van der Waals surface area (Å²) in [6, 6.07) is 29.0. The van der Waals surface area contributed by atoms with Crippen LogP contribution in [0.1, 0.15) is 56.6 Å². The molecule has 1 N–H and O–H groups in total. The van der Waals surface area contributed by atoms with Crippen LogP contribution in [0, 0.1) is 19.3 Å². The largest absolute Gasteiger partial charge is 0.290 e. The van der Waals surface area contributed by atoms with Gasteiger partial charge in [-0.1, -0.05) is 71.8 Å². The van der Waals surface area contributed by atoms with E-state index in [1.807, 2.05) is 49.4 Å². The minimum absolute atomic E-state index is 0.231. The number of carbonyl (C=O) groups is 2. The van der Waals surface area contributed by atoms with E-state index in [1.165, 1.54) is 9.58 Å². The van der Waals surface area contributed by atoms with Crippen LogP contribution in [0.3, 0.4) is 0 Å². The number of terminal acetylenes is 1. The van der Waals surface area contributed by atoms with Crippen molar-refractivity contribution in [1.82, 2.24) is 19.5 Å². The van der Waals surface area contributed by atoms with Crippen LogP contribution in [-0.4, -0.2) is 44.4 Å². The molecule has 2 amide bonds. The summed E-state index contributed by atoms with van der Waals surface area (Å²) in [5.74, 6) is 2.64. The third-order valence-electron chi connectivity index (χ3n) is 8.13. The SMILES string of the molecule is C#CC[C@H](c1nc2cc(Cl)ccc2c(=O)n1Nc1ccccc1)N(CCCN1C(=O)c2ccccc2C1=O)Cc1ccc(C)cc1. The molecule has 0 aliphatic carbocycles. The molecule has 46 heavy (non-hydrogen) atoms. The first kappa shape index (κ1) is 30.8. The van der Waals surface area contributed by atoms with E-state index in [0.29, 0.717) is 58.1 Å². The second kappa shape index (κ2) is 13.4. The van der Waals surface area contributed by atoms with Gasteiger partial charge in [-0.05, 0) is 61.4 Å². The van der Waals surface area contributed by atoms with Gasteiger partial charge in [-0.3, -0.25) is 29.6 Å². The van der Waals surface area contributed by atoms with E-state index >= 15 is 0 Å². The van der Waals surface area contributed by atoms with Crippen molar-refractivity contribution in [3.63, 3.8) is 0 Å². The maximum atomic E-state index is 14.0. The average molecular weight is 630 g/mol. The zero-order valence-electron chi connectivity index (χ0n) is 25.3. The Balaban J connectivity index is 1.39. The molecule has 1 aliphatic rings. The number of rotatable bonds is 11. The standard InChI is InChI=1S/C37H32ClN5O3/c1-3-10-33(34-39-32-23-27(38)19-20-31(32)37(46)43(34)40-28-11-5-4-6-12-28)41(24-26-17-15-25(2)16-18-26)21-9-22-42-35(44)29-13-7-8-14-30(29)36(42)45/h1,4-8,11-20,23,33,40H,9-10,21-22,24H2,2H3/t33-/m1/s1. The molecule has 4 aromatic carbocycles. The molecular weight excluding hydrogens is 598 g/mol. The van der Waals surface area contributed by atoms with E-state index in [4.69, 9.17) is 23.0 Å². The first-order chi connectivity index (χ1) is 22.3. The Kier molecular flexibility index (Phi) is 8.97. The number of aromatic nitrogens is 2. The van der Waals surface area contributed by atoms with Gasteiger partial charge in [-0.25, -0.2) is 9.66 Å². The normalized spacial score (nSPS) is 13.2. The van der Waals surface area contributed by atoms with Gasteiger partial charge in [0.1, 0.15) is 0 Å². The zero-order valence-corrected chi connectivity index (χ0v) is 26.1. The van der Waals surface area contributed by atoms with Gasteiger partial charge in [-0.2, -0.15) is 0 Å². The minimum atomic E-state index is -0.513. The van der Waals surface area contributed by atoms with Crippen LogP contribution in [0.2, 0.25) is 5.02 Å². The monoisotopic (exact) mass is 629 g/mol. The highest BCUT2D eigenvalue weighted by Crippen LogP contribution is 2.28. The summed E-state index contributed by atoms with van der Waals surface area (Å²) < 4.78 is 1.46. The summed E-state index contributed by atoms with van der Waals surface area (Å²) in [6.45, 7) is 3.21. The molecule has 0 saturated carbocycles. The number of nitrogens with zero attached hydrogens (tertiary/aromatic N) is 4. The molecular formula is C37H32ClN5O3. The summed E-state index contributed by atoms with van der Waals surface area (Å²) in [6.07, 6.45) is 6.70. The number of imide groups is 1. The van der Waals surface area contributed by atoms with Crippen molar-refractivity contribution in [2.75, 3.05) is 18.5 Å². The predicted octanol–water partition coefficient (Wildman–Crippen LogP) is 6.49. The fourth-order valence-electron chi connectivity index (χ4n) is 5.79. The number of halogens is 1. The molecule has 0 saturated heterocycles. The lowest BCUT2D eigenvalue weighted by Crippen LogP contribution is -2.39. The molecule has 0 spiro atoms. The third-order valence-corrected chi connectivity index (χ3v) is 8.37. The Morgan fingerprint density at radius 2 is 1.59 bits per heavy atom. The highest BCUT2D eigenvalue weighted by Gasteiger charge is 2.35. The van der Waals surface area contributed by atoms with E-state index in [1.54, 1.807) is 42.5 Å². The molecule has 0 radical (unpaired) electrons. The lowest BCUT2D eigenvalue weighted by Gasteiger charge is -2.32. The highest BCUT2D eigenvalue weighted by atomic mass is 35.5. The molecule has 8 nitrogen and oxygen atoms in total. The summed E-state index contributed by atoms with van der Waals surface area (Å²) >= 11 is 6.34. The summed E-state index contributed by atoms with van der Waals surface area (Å²) in [7, 11) is 0. The minimum Gasteiger partial charge on any atom is -0.290 e. The Morgan fingerprint density at radius 1 is 0.913 bits per heavy atom. The van der Waals surface area contributed by atoms with Gasteiger partial charge < -0.3 is 0 Å². The first-order valence-corrected chi connectivity index (χ1v) is 15.4. The molecule has 5 aromatic rings. The van der Waals surface area contributed by atoms with Crippen LogP contribution in [0.15, 0.2) is 102 Å². The van der Waals surface area contributed by atoms with Gasteiger partial charge in [-0.15, -0.1) is 12.3 Å². The Bertz CT molecular complexity index is 1980. The van der Waals surface area contributed by atoms with E-state index in [-0.39, 0.29) is 30.3 Å². The number of amides is 2. The maximum absolute atomic E-state index is 14.0. The van der Waals surface area contributed by atoms with Crippen LogP contribution < -0.4 is 11.0 Å². The third kappa shape index (κ3) is 6.29. The Hall–Kier alpha value is -5.23. The molecule has 0 bridgehead atoms. The molecule has 6 rings (SSSR count). The molecule has 1 atom stereocenters. The Labute approximate surface area is 272 Å². The van der Waals surface area contributed by atoms with Gasteiger partial charge in [0, 0.05) is 31.1 Å². The lowest BCUT2D eigenvalue weighted by molar-refractivity contribution is 0.0641. The van der Waals surface area contributed by atoms with Gasteiger partial charge in [0.15, 0.2) is 5.82 Å². The van der Waals surface area contributed by atoms with E-state index in [0.717, 1.165) is 11.1 Å².